The molecular formula is C23H31N3O4S2. The average Bonchev–Trinajstić information content (AvgIpc) is 3.50. The molecule has 1 fully saturated rings. The molecule has 0 radical (unpaired) electrons. The van der Waals surface area contributed by atoms with E-state index in [-0.39, 0.29) is 17.3 Å². The second kappa shape index (κ2) is 9.51. The van der Waals surface area contributed by atoms with Gasteiger partial charge in [0.25, 0.3) is 0 Å². The molecule has 0 saturated heterocycles. The van der Waals surface area contributed by atoms with Gasteiger partial charge in [0, 0.05) is 30.6 Å². The van der Waals surface area contributed by atoms with Crippen LogP contribution in [0.4, 0.5) is 5.69 Å². The minimum Gasteiger partial charge on any atom is -0.495 e. The predicted octanol–water partition coefficient (Wildman–Crippen LogP) is 3.74. The van der Waals surface area contributed by atoms with Crippen LogP contribution in [-0.2, 0) is 21.2 Å². The van der Waals surface area contributed by atoms with Crippen LogP contribution in [0.1, 0.15) is 43.2 Å². The molecule has 1 aliphatic carbocycles. The summed E-state index contributed by atoms with van der Waals surface area (Å²) in [5.74, 6) is 0.896. The van der Waals surface area contributed by atoms with Crippen LogP contribution in [-0.4, -0.2) is 56.8 Å². The Bertz CT molecular complexity index is 1070. The topological polar surface area (TPSA) is 79.0 Å². The fourth-order valence-corrected chi connectivity index (χ4v) is 6.97. The van der Waals surface area contributed by atoms with E-state index in [2.05, 4.69) is 21.7 Å². The number of rotatable bonds is 9. The van der Waals surface area contributed by atoms with Gasteiger partial charge in [-0.25, -0.2) is 8.42 Å². The second-order valence-corrected chi connectivity index (χ2v) is 11.2. The van der Waals surface area contributed by atoms with Crippen molar-refractivity contribution in [3.05, 3.63) is 40.1 Å². The number of carbonyl (C=O) groups excluding carboxylic acids is 1. The Morgan fingerprint density at radius 1 is 1.25 bits per heavy atom. The van der Waals surface area contributed by atoms with E-state index in [0.29, 0.717) is 36.5 Å². The van der Waals surface area contributed by atoms with Crippen molar-refractivity contribution < 1.29 is 17.9 Å². The molecule has 1 aromatic heterocycles. The number of methoxy groups -OCH3 is 1. The number of anilines is 1. The van der Waals surface area contributed by atoms with E-state index in [1.54, 1.807) is 19.9 Å². The number of carbonyl (C=O) groups is 1. The number of nitrogens with zero attached hydrogens (tertiary/aromatic N) is 2. The lowest BCUT2D eigenvalue weighted by Gasteiger charge is -2.35. The van der Waals surface area contributed by atoms with Gasteiger partial charge >= 0.3 is 0 Å². The van der Waals surface area contributed by atoms with Crippen LogP contribution in [0, 0.1) is 5.92 Å². The van der Waals surface area contributed by atoms with E-state index in [1.807, 2.05) is 11.3 Å². The quantitative estimate of drug-likeness (QED) is 0.595. The average molecular weight is 478 g/mol. The highest BCUT2D eigenvalue weighted by molar-refractivity contribution is 7.89. The number of benzene rings is 1. The van der Waals surface area contributed by atoms with Crippen molar-refractivity contribution in [2.45, 2.75) is 44.0 Å². The molecule has 32 heavy (non-hydrogen) atoms. The van der Waals surface area contributed by atoms with Gasteiger partial charge in [0.15, 0.2) is 0 Å². The maximum atomic E-state index is 13.0. The second-order valence-electron chi connectivity index (χ2n) is 8.30. The van der Waals surface area contributed by atoms with Crippen LogP contribution < -0.4 is 10.1 Å². The van der Waals surface area contributed by atoms with Crippen molar-refractivity contribution in [3.8, 4) is 5.75 Å². The smallest absolute Gasteiger partial charge is 0.243 e. The number of sulfonamides is 1. The van der Waals surface area contributed by atoms with Crippen molar-refractivity contribution in [2.24, 2.45) is 5.92 Å². The third-order valence-corrected chi connectivity index (χ3v) is 9.36. The van der Waals surface area contributed by atoms with Gasteiger partial charge in [0.2, 0.25) is 15.9 Å². The van der Waals surface area contributed by atoms with Crippen molar-refractivity contribution >= 4 is 33.0 Å². The zero-order valence-corrected chi connectivity index (χ0v) is 20.5. The molecule has 2 aliphatic rings. The Labute approximate surface area is 194 Å². The Balaban J connectivity index is 1.53. The third kappa shape index (κ3) is 4.57. The fraction of sp³-hybridized carbons (Fsp3) is 0.522. The first kappa shape index (κ1) is 23.2. The Kier molecular flexibility index (Phi) is 6.90. The van der Waals surface area contributed by atoms with Gasteiger partial charge in [-0.3, -0.25) is 9.69 Å². The normalized spacial score (nSPS) is 19.1. The first-order chi connectivity index (χ1) is 15.4. The largest absolute Gasteiger partial charge is 0.495 e. The standard InChI is InChI=1S/C23H31N3O4S2/c1-4-26(5-2)32(28,29)17-8-9-20(30-3)19(14-17)24-22(27)15-25-12-10-21-18(11-13-31-21)23(25)16-6-7-16/h8-9,11,13-14,16,23H,4-7,10,12,15H2,1-3H3,(H,24,27). The molecule has 1 N–H and O–H groups in total. The van der Waals surface area contributed by atoms with Crippen molar-refractivity contribution in [3.63, 3.8) is 0 Å². The highest BCUT2D eigenvalue weighted by Crippen LogP contribution is 2.48. The van der Waals surface area contributed by atoms with E-state index in [1.165, 1.54) is 46.8 Å². The highest BCUT2D eigenvalue weighted by Gasteiger charge is 2.40. The molecule has 1 saturated carbocycles. The summed E-state index contributed by atoms with van der Waals surface area (Å²) in [6, 6.07) is 7.12. The molecule has 1 amide bonds. The minimum absolute atomic E-state index is 0.147. The van der Waals surface area contributed by atoms with Gasteiger partial charge in [0.1, 0.15) is 5.75 Å². The van der Waals surface area contributed by atoms with Crippen molar-refractivity contribution in [1.82, 2.24) is 9.21 Å². The first-order valence-corrected chi connectivity index (χ1v) is 13.5. The summed E-state index contributed by atoms with van der Waals surface area (Å²) >= 11 is 1.81. The first-order valence-electron chi connectivity index (χ1n) is 11.2. The van der Waals surface area contributed by atoms with Gasteiger partial charge in [-0.2, -0.15) is 4.31 Å². The molecule has 2 aromatic rings. The number of nitrogens with one attached hydrogen (secondary N) is 1. The molecule has 1 atom stereocenters. The van der Waals surface area contributed by atoms with Crippen LogP contribution in [0.2, 0.25) is 0 Å². The summed E-state index contributed by atoms with van der Waals surface area (Å²) in [6.07, 6.45) is 3.37. The third-order valence-electron chi connectivity index (χ3n) is 6.32. The number of amides is 1. The zero-order chi connectivity index (χ0) is 22.9. The molecular weight excluding hydrogens is 446 g/mol. The number of ether oxygens (including phenoxy) is 1. The Morgan fingerprint density at radius 3 is 2.66 bits per heavy atom. The van der Waals surface area contributed by atoms with E-state index < -0.39 is 10.0 Å². The Morgan fingerprint density at radius 2 is 2.00 bits per heavy atom. The minimum atomic E-state index is -3.63. The fourth-order valence-electron chi connectivity index (χ4n) is 4.57. The molecule has 1 aromatic carbocycles. The van der Waals surface area contributed by atoms with Gasteiger partial charge < -0.3 is 10.1 Å². The maximum absolute atomic E-state index is 13.0. The van der Waals surface area contributed by atoms with Gasteiger partial charge in [0.05, 0.1) is 24.2 Å². The molecule has 4 rings (SSSR count). The lowest BCUT2D eigenvalue weighted by atomic mass is 9.96. The van der Waals surface area contributed by atoms with E-state index in [0.717, 1.165) is 13.0 Å². The zero-order valence-electron chi connectivity index (χ0n) is 18.8. The lowest BCUT2D eigenvalue weighted by Crippen LogP contribution is -2.41. The van der Waals surface area contributed by atoms with Crippen LogP contribution in [0.5, 0.6) is 5.75 Å². The summed E-state index contributed by atoms with van der Waals surface area (Å²) < 4.78 is 32.6. The molecule has 0 spiro atoms. The maximum Gasteiger partial charge on any atom is 0.243 e. The van der Waals surface area contributed by atoms with Crippen LogP contribution >= 0.6 is 11.3 Å². The van der Waals surface area contributed by atoms with E-state index in [4.69, 9.17) is 4.74 Å². The molecule has 1 unspecified atom stereocenters. The summed E-state index contributed by atoms with van der Waals surface area (Å²) in [6.45, 7) is 5.51. The summed E-state index contributed by atoms with van der Waals surface area (Å²) in [7, 11) is -2.12. The monoisotopic (exact) mass is 477 g/mol. The number of hydrogen-bond acceptors (Lipinski definition) is 6. The molecule has 174 valence electrons. The highest BCUT2D eigenvalue weighted by atomic mass is 32.2. The van der Waals surface area contributed by atoms with Crippen molar-refractivity contribution in [2.75, 3.05) is 38.6 Å². The number of fused-ring (bicyclic) bond motifs is 1. The molecule has 0 bridgehead atoms. The molecule has 1 aliphatic heterocycles. The molecule has 7 nitrogen and oxygen atoms in total. The number of thiophene rings is 1. The SMILES string of the molecule is CCN(CC)S(=O)(=O)c1ccc(OC)c(NC(=O)CN2CCc3sccc3C2C2CC2)c1. The van der Waals surface area contributed by atoms with Gasteiger partial charge in [-0.15, -0.1) is 11.3 Å². The van der Waals surface area contributed by atoms with Gasteiger partial charge in [-0.1, -0.05) is 13.8 Å². The van der Waals surface area contributed by atoms with E-state index in [9.17, 15) is 13.2 Å². The Hall–Kier alpha value is -1.94. The summed E-state index contributed by atoms with van der Waals surface area (Å²) in [4.78, 5) is 16.9. The summed E-state index contributed by atoms with van der Waals surface area (Å²) in [5.41, 5.74) is 1.75. The van der Waals surface area contributed by atoms with Crippen molar-refractivity contribution in [1.29, 1.82) is 0 Å². The van der Waals surface area contributed by atoms with E-state index >= 15 is 0 Å². The van der Waals surface area contributed by atoms with Gasteiger partial charge in [-0.05, 0) is 60.4 Å². The van der Waals surface area contributed by atoms with Crippen LogP contribution in [0.15, 0.2) is 34.5 Å². The predicted molar refractivity (Wildman–Crippen MR) is 127 cm³/mol. The summed E-state index contributed by atoms with van der Waals surface area (Å²) in [5, 5.41) is 5.06. The number of hydrogen-bond donors (Lipinski definition) is 1. The van der Waals surface area contributed by atoms with Crippen LogP contribution in [0.25, 0.3) is 0 Å². The lowest BCUT2D eigenvalue weighted by molar-refractivity contribution is -0.118. The molecule has 2 heterocycles. The molecule has 9 heteroatoms. The van der Waals surface area contributed by atoms with Crippen LogP contribution in [0.3, 0.4) is 0 Å².